The summed E-state index contributed by atoms with van der Waals surface area (Å²) in [5.74, 6) is 0.805. The van der Waals surface area contributed by atoms with Gasteiger partial charge < -0.3 is 19.9 Å². The Kier molecular flexibility index (Phi) is 5.46. The van der Waals surface area contributed by atoms with Crippen LogP contribution in [-0.4, -0.2) is 59.9 Å². The van der Waals surface area contributed by atoms with Crippen LogP contribution in [0.2, 0.25) is 0 Å². The van der Waals surface area contributed by atoms with E-state index in [2.05, 4.69) is 54.8 Å². The Morgan fingerprint density at radius 3 is 2.65 bits per heavy atom. The van der Waals surface area contributed by atoms with Gasteiger partial charge in [0.1, 0.15) is 0 Å². The van der Waals surface area contributed by atoms with Crippen molar-refractivity contribution in [3.8, 4) is 0 Å². The van der Waals surface area contributed by atoms with Crippen molar-refractivity contribution in [1.29, 1.82) is 0 Å². The topological polar surface area (TPSA) is 75.0 Å². The van der Waals surface area contributed by atoms with Crippen molar-refractivity contribution in [3.63, 3.8) is 0 Å². The molecule has 162 valence electrons. The zero-order valence-corrected chi connectivity index (χ0v) is 17.8. The maximum absolute atomic E-state index is 13.0. The Bertz CT molecular complexity index is 1060. The normalized spacial score (nSPS) is 19.6. The number of nitrogens with zero attached hydrogens (tertiary/aromatic N) is 5. The van der Waals surface area contributed by atoms with Crippen LogP contribution in [0.3, 0.4) is 0 Å². The second kappa shape index (κ2) is 8.55. The molecule has 8 heteroatoms. The van der Waals surface area contributed by atoms with Gasteiger partial charge in [-0.1, -0.05) is 6.07 Å². The second-order valence-corrected chi connectivity index (χ2v) is 8.28. The fraction of sp³-hybridized carbons (Fsp3) is 0.435. The highest BCUT2D eigenvalue weighted by atomic mass is 16.5. The molecule has 0 unspecified atom stereocenters. The minimum atomic E-state index is -0.0796. The maximum atomic E-state index is 13.0. The number of anilines is 3. The molecule has 1 amide bonds. The lowest BCUT2D eigenvalue weighted by Gasteiger charge is -2.32. The van der Waals surface area contributed by atoms with Crippen LogP contribution in [0.15, 0.2) is 42.5 Å². The predicted molar refractivity (Wildman–Crippen MR) is 121 cm³/mol. The molecule has 1 atom stereocenters. The summed E-state index contributed by atoms with van der Waals surface area (Å²) in [7, 11) is 0. The fourth-order valence-electron chi connectivity index (χ4n) is 4.48. The largest absolute Gasteiger partial charge is 0.378 e. The van der Waals surface area contributed by atoms with Crippen molar-refractivity contribution in [2.45, 2.75) is 19.8 Å². The zero-order valence-electron chi connectivity index (χ0n) is 17.8. The molecule has 1 N–H and O–H groups in total. The number of piperidine rings is 1. The number of carbonyl (C=O) groups is 1. The summed E-state index contributed by atoms with van der Waals surface area (Å²) < 4.78 is 7.48. The van der Waals surface area contributed by atoms with Crippen molar-refractivity contribution >= 4 is 28.9 Å². The first-order chi connectivity index (χ1) is 15.2. The number of rotatable bonds is 4. The van der Waals surface area contributed by atoms with Gasteiger partial charge in [0.05, 0.1) is 19.1 Å². The Balaban J connectivity index is 1.25. The summed E-state index contributed by atoms with van der Waals surface area (Å²) in [6.07, 6.45) is 1.83. The average Bonchev–Trinajstić information content (AvgIpc) is 3.26. The number of hydrogen-bond acceptors (Lipinski definition) is 6. The van der Waals surface area contributed by atoms with Gasteiger partial charge in [0.15, 0.2) is 5.65 Å². The number of pyridine rings is 1. The van der Waals surface area contributed by atoms with Crippen molar-refractivity contribution < 1.29 is 9.53 Å². The quantitative estimate of drug-likeness (QED) is 0.700. The molecule has 2 fully saturated rings. The molecular formula is C23H28N6O2. The summed E-state index contributed by atoms with van der Waals surface area (Å²) >= 11 is 0. The van der Waals surface area contributed by atoms with Gasteiger partial charge in [-0.25, -0.2) is 0 Å². The number of amides is 1. The van der Waals surface area contributed by atoms with E-state index in [4.69, 9.17) is 4.74 Å². The van der Waals surface area contributed by atoms with Crippen LogP contribution in [-0.2, 0) is 9.53 Å². The molecule has 1 aromatic carbocycles. The molecule has 0 bridgehead atoms. The summed E-state index contributed by atoms with van der Waals surface area (Å²) in [6, 6.07) is 14.1. The van der Waals surface area contributed by atoms with Crippen LogP contribution >= 0.6 is 0 Å². The number of carbonyl (C=O) groups excluding carboxylic acids is 1. The molecule has 31 heavy (non-hydrogen) atoms. The van der Waals surface area contributed by atoms with E-state index in [-0.39, 0.29) is 11.8 Å². The fourth-order valence-corrected chi connectivity index (χ4v) is 4.48. The summed E-state index contributed by atoms with van der Waals surface area (Å²) in [5, 5.41) is 11.8. The van der Waals surface area contributed by atoms with Crippen molar-refractivity contribution in [2.24, 2.45) is 5.92 Å². The third-order valence-electron chi connectivity index (χ3n) is 6.19. The van der Waals surface area contributed by atoms with Gasteiger partial charge in [0.25, 0.3) is 0 Å². The van der Waals surface area contributed by atoms with E-state index < -0.39 is 0 Å². The molecular weight excluding hydrogens is 392 g/mol. The minimum absolute atomic E-state index is 0.0642. The van der Waals surface area contributed by atoms with E-state index in [1.807, 2.05) is 24.3 Å². The van der Waals surface area contributed by atoms with Crippen LogP contribution in [0.25, 0.3) is 5.65 Å². The van der Waals surface area contributed by atoms with E-state index in [1.165, 1.54) is 5.69 Å². The second-order valence-electron chi connectivity index (χ2n) is 8.28. The lowest BCUT2D eigenvalue weighted by Crippen LogP contribution is -2.41. The molecule has 2 aliphatic heterocycles. The summed E-state index contributed by atoms with van der Waals surface area (Å²) in [5.41, 5.74) is 3.92. The SMILES string of the molecule is Cc1cccc2nnc(N3CCC[C@@H](C(=O)Nc4ccc(N5CCOCC5)cc4)C3)n12. The smallest absolute Gasteiger partial charge is 0.231 e. The molecule has 2 saturated heterocycles. The lowest BCUT2D eigenvalue weighted by molar-refractivity contribution is -0.120. The molecule has 0 radical (unpaired) electrons. The third-order valence-corrected chi connectivity index (χ3v) is 6.19. The Morgan fingerprint density at radius 1 is 1.03 bits per heavy atom. The third kappa shape index (κ3) is 4.07. The van der Waals surface area contributed by atoms with E-state index in [0.717, 1.165) is 68.7 Å². The standard InChI is InChI=1S/C23H28N6O2/c1-17-4-2-6-21-25-26-23(29(17)21)28-11-3-5-18(16-28)22(30)24-19-7-9-20(10-8-19)27-12-14-31-15-13-27/h2,4,6-10,18H,3,5,11-16H2,1H3,(H,24,30)/t18-/m1/s1. The van der Waals surface area contributed by atoms with Gasteiger partial charge in [-0.05, 0) is 56.2 Å². The van der Waals surface area contributed by atoms with Gasteiger partial charge in [-0.3, -0.25) is 9.20 Å². The van der Waals surface area contributed by atoms with Crippen LogP contribution in [0.1, 0.15) is 18.5 Å². The molecule has 0 saturated carbocycles. The van der Waals surface area contributed by atoms with E-state index in [0.29, 0.717) is 6.54 Å². The highest BCUT2D eigenvalue weighted by Crippen LogP contribution is 2.25. The number of aryl methyl sites for hydroxylation is 1. The molecule has 2 aliphatic rings. The molecule has 4 heterocycles. The Labute approximate surface area is 181 Å². The number of aromatic nitrogens is 3. The van der Waals surface area contributed by atoms with Gasteiger partial charge in [-0.15, -0.1) is 10.2 Å². The first-order valence-corrected chi connectivity index (χ1v) is 11.0. The highest BCUT2D eigenvalue weighted by Gasteiger charge is 2.28. The van der Waals surface area contributed by atoms with Crippen molar-refractivity contribution in [3.05, 3.63) is 48.2 Å². The van der Waals surface area contributed by atoms with Crippen LogP contribution in [0.4, 0.5) is 17.3 Å². The van der Waals surface area contributed by atoms with Crippen LogP contribution in [0, 0.1) is 12.8 Å². The molecule has 8 nitrogen and oxygen atoms in total. The number of nitrogens with one attached hydrogen (secondary N) is 1. The van der Waals surface area contributed by atoms with Crippen molar-refractivity contribution in [1.82, 2.24) is 14.6 Å². The average molecular weight is 421 g/mol. The number of benzene rings is 1. The number of hydrogen-bond donors (Lipinski definition) is 1. The number of morpholine rings is 1. The highest BCUT2D eigenvalue weighted by molar-refractivity contribution is 5.93. The maximum Gasteiger partial charge on any atom is 0.231 e. The Hall–Kier alpha value is -3.13. The van der Waals surface area contributed by atoms with Crippen molar-refractivity contribution in [2.75, 3.05) is 54.5 Å². The molecule has 0 aliphatic carbocycles. The first kappa shape index (κ1) is 19.8. The molecule has 0 spiro atoms. The molecule has 2 aromatic heterocycles. The zero-order chi connectivity index (χ0) is 21.2. The van der Waals surface area contributed by atoms with Gasteiger partial charge in [0, 0.05) is 43.2 Å². The summed E-state index contributed by atoms with van der Waals surface area (Å²) in [4.78, 5) is 17.5. The van der Waals surface area contributed by atoms with Gasteiger partial charge in [-0.2, -0.15) is 0 Å². The van der Waals surface area contributed by atoms with Crippen LogP contribution in [0.5, 0.6) is 0 Å². The molecule has 3 aromatic rings. The van der Waals surface area contributed by atoms with Gasteiger partial charge >= 0.3 is 0 Å². The van der Waals surface area contributed by atoms with E-state index >= 15 is 0 Å². The lowest BCUT2D eigenvalue weighted by atomic mass is 9.97. The van der Waals surface area contributed by atoms with E-state index in [9.17, 15) is 4.79 Å². The van der Waals surface area contributed by atoms with E-state index in [1.54, 1.807) is 0 Å². The van der Waals surface area contributed by atoms with Gasteiger partial charge in [0.2, 0.25) is 11.9 Å². The monoisotopic (exact) mass is 420 g/mol. The Morgan fingerprint density at radius 2 is 1.84 bits per heavy atom. The number of ether oxygens (including phenoxy) is 1. The first-order valence-electron chi connectivity index (χ1n) is 11.0. The minimum Gasteiger partial charge on any atom is -0.378 e. The number of fused-ring (bicyclic) bond motifs is 1. The van der Waals surface area contributed by atoms with Crippen LogP contribution < -0.4 is 15.1 Å². The predicted octanol–water partition coefficient (Wildman–Crippen LogP) is 2.73. The summed E-state index contributed by atoms with van der Waals surface area (Å²) in [6.45, 7) is 6.91. The molecule has 5 rings (SSSR count).